The number of carboxylic acids is 1. The monoisotopic (exact) mass is 510 g/mol. The number of hydrogen-bond donors (Lipinski definition) is 2. The number of amides is 1. The number of anilines is 1. The van der Waals surface area contributed by atoms with Crippen molar-refractivity contribution in [3.05, 3.63) is 59.4 Å². The van der Waals surface area contributed by atoms with Crippen molar-refractivity contribution in [2.75, 3.05) is 31.1 Å². The summed E-state index contributed by atoms with van der Waals surface area (Å²) in [6, 6.07) is 10.8. The summed E-state index contributed by atoms with van der Waals surface area (Å²) >= 11 is -2.54. The maximum Gasteiger partial charge on any atom is 0.305 e. The first-order valence-corrected chi connectivity index (χ1v) is 12.8. The molecule has 0 spiro atoms. The molecule has 1 amide bonds. The minimum absolute atomic E-state index is 0.174. The lowest BCUT2D eigenvalue weighted by molar-refractivity contribution is -0.139. The van der Waals surface area contributed by atoms with Crippen LogP contribution in [-0.4, -0.2) is 78.4 Å². The van der Waals surface area contributed by atoms with E-state index in [-0.39, 0.29) is 18.4 Å². The molecule has 2 aliphatic rings. The van der Waals surface area contributed by atoms with Gasteiger partial charge in [-0.2, -0.15) is 4.41 Å². The summed E-state index contributed by atoms with van der Waals surface area (Å²) in [5.74, 6) is 4.98. The normalized spacial score (nSPS) is 17.7. The number of rotatable bonds is 8. The van der Waals surface area contributed by atoms with Crippen molar-refractivity contribution in [2.45, 2.75) is 38.3 Å². The minimum Gasteiger partial charge on any atom is -0.759 e. The average molecular weight is 511 g/mol. The van der Waals surface area contributed by atoms with Gasteiger partial charge in [0.25, 0.3) is 5.91 Å². The third-order valence-corrected chi connectivity index (χ3v) is 6.92. The summed E-state index contributed by atoms with van der Waals surface area (Å²) in [6.45, 7) is 3.70. The van der Waals surface area contributed by atoms with Gasteiger partial charge in [-0.3, -0.25) is 18.8 Å². The van der Waals surface area contributed by atoms with Crippen molar-refractivity contribution in [2.24, 2.45) is 0 Å². The van der Waals surface area contributed by atoms with Crippen LogP contribution < -0.4 is 10.2 Å². The predicted molar refractivity (Wildman–Crippen MR) is 133 cm³/mol. The van der Waals surface area contributed by atoms with Crippen LogP contribution in [0.25, 0.3) is 0 Å². The molecule has 0 bridgehead atoms. The number of pyridine rings is 1. The molecular formula is C25H28N5O5S-. The van der Waals surface area contributed by atoms with Crippen LogP contribution in [0.1, 0.15) is 47.8 Å². The highest BCUT2D eigenvalue weighted by molar-refractivity contribution is 7.76. The van der Waals surface area contributed by atoms with Gasteiger partial charge in [0.15, 0.2) is 0 Å². The van der Waals surface area contributed by atoms with Gasteiger partial charge in [0, 0.05) is 72.5 Å². The largest absolute Gasteiger partial charge is 0.759 e. The Morgan fingerprint density at radius 3 is 2.44 bits per heavy atom. The zero-order chi connectivity index (χ0) is 25.7. The van der Waals surface area contributed by atoms with Crippen molar-refractivity contribution >= 4 is 28.8 Å². The molecule has 1 aromatic carbocycles. The molecular weight excluding hydrogens is 482 g/mol. The van der Waals surface area contributed by atoms with E-state index in [1.165, 1.54) is 0 Å². The Bertz CT molecular complexity index is 1180. The smallest absolute Gasteiger partial charge is 0.305 e. The maximum atomic E-state index is 12.2. The average Bonchev–Trinajstić information content (AvgIpc) is 3.67. The molecule has 1 aliphatic heterocycles. The number of benzene rings is 1. The Kier molecular flexibility index (Phi) is 8.32. The molecule has 11 heteroatoms. The number of carbonyl (C=O) groups is 2. The van der Waals surface area contributed by atoms with Gasteiger partial charge in [0.2, 0.25) is 0 Å². The van der Waals surface area contributed by atoms with E-state index in [9.17, 15) is 18.4 Å². The highest BCUT2D eigenvalue weighted by Gasteiger charge is 2.28. The maximum absolute atomic E-state index is 12.2. The summed E-state index contributed by atoms with van der Waals surface area (Å²) in [5.41, 5.74) is 2.90. The van der Waals surface area contributed by atoms with Gasteiger partial charge < -0.3 is 19.9 Å². The van der Waals surface area contributed by atoms with Crippen LogP contribution in [0.5, 0.6) is 0 Å². The van der Waals surface area contributed by atoms with E-state index < -0.39 is 23.3 Å². The van der Waals surface area contributed by atoms with Crippen LogP contribution >= 0.6 is 0 Å². The highest BCUT2D eigenvalue weighted by Crippen LogP contribution is 2.21. The molecule has 2 aromatic rings. The number of nitrogens with one attached hydrogen (secondary N) is 1. The van der Waals surface area contributed by atoms with Crippen LogP contribution in [0.4, 0.5) is 5.69 Å². The summed E-state index contributed by atoms with van der Waals surface area (Å²) in [7, 11) is 0. The predicted octanol–water partition coefficient (Wildman–Crippen LogP) is 1.37. The lowest BCUT2D eigenvalue weighted by Gasteiger charge is -2.44. The van der Waals surface area contributed by atoms with Crippen LogP contribution in [0.2, 0.25) is 0 Å². The molecule has 1 saturated carbocycles. The zero-order valence-electron chi connectivity index (χ0n) is 19.9. The molecule has 190 valence electrons. The van der Waals surface area contributed by atoms with E-state index in [0.29, 0.717) is 37.4 Å². The number of carbonyl (C=O) groups excluding carboxylic acids is 1. The summed E-state index contributed by atoms with van der Waals surface area (Å²) in [6.07, 6.45) is 3.36. The standard InChI is InChI=1S/C25H29N5O5S/c1-18(16-24(31)32)30(36(34)35)29-14-12-28(13-15-29)22-8-4-19(5-9-22)2-3-20-10-11-26-23(17-20)25(33)27-21-6-7-21/h4-5,8-11,17-18,21H,6-7,12-16H2,1H3,(H,27,33)(H,31,32)(H,34,35)/p-1. The first-order chi connectivity index (χ1) is 17.3. The Labute approximate surface area is 212 Å². The molecule has 2 atom stereocenters. The summed E-state index contributed by atoms with van der Waals surface area (Å²) < 4.78 is 24.6. The second-order valence-electron chi connectivity index (χ2n) is 8.88. The number of nitrogens with zero attached hydrogens (tertiary/aromatic N) is 4. The lowest BCUT2D eigenvalue weighted by atomic mass is 10.1. The molecule has 1 saturated heterocycles. The van der Waals surface area contributed by atoms with Crippen molar-refractivity contribution < 1.29 is 23.5 Å². The zero-order valence-corrected chi connectivity index (χ0v) is 20.7. The van der Waals surface area contributed by atoms with Crippen LogP contribution in [0.3, 0.4) is 0 Å². The third-order valence-electron chi connectivity index (χ3n) is 6.02. The van der Waals surface area contributed by atoms with E-state index in [1.807, 2.05) is 24.3 Å². The van der Waals surface area contributed by atoms with Gasteiger partial charge in [0.05, 0.1) is 6.42 Å². The van der Waals surface area contributed by atoms with Gasteiger partial charge >= 0.3 is 5.97 Å². The van der Waals surface area contributed by atoms with Crippen molar-refractivity contribution in [3.63, 3.8) is 0 Å². The fourth-order valence-electron chi connectivity index (χ4n) is 4.02. The van der Waals surface area contributed by atoms with Crippen molar-refractivity contribution in [1.82, 2.24) is 19.7 Å². The van der Waals surface area contributed by atoms with E-state index in [2.05, 4.69) is 27.0 Å². The van der Waals surface area contributed by atoms with Gasteiger partial charge in [-0.1, -0.05) is 11.8 Å². The van der Waals surface area contributed by atoms with Crippen molar-refractivity contribution in [3.8, 4) is 11.8 Å². The SMILES string of the molecule is CC(CC(=O)O)N(N1CCN(c2ccc(C#Cc3ccnc(C(=O)NC4CC4)c3)cc2)CC1)S(=O)[O-]. The second-order valence-corrected chi connectivity index (χ2v) is 9.69. The summed E-state index contributed by atoms with van der Waals surface area (Å²) in [4.78, 5) is 29.5. The number of aliphatic carboxylic acids is 1. The van der Waals surface area contributed by atoms with E-state index in [1.54, 1.807) is 30.3 Å². The number of hydrogen-bond acceptors (Lipinski definition) is 7. The number of piperazine rings is 1. The fraction of sp³-hybridized carbons (Fsp3) is 0.400. The molecule has 2 heterocycles. The number of carboxylic acid groups (broad SMARTS) is 1. The van der Waals surface area contributed by atoms with Crippen LogP contribution in [0.15, 0.2) is 42.6 Å². The molecule has 2 fully saturated rings. The summed E-state index contributed by atoms with van der Waals surface area (Å²) in [5, 5.41) is 13.6. The molecule has 1 aliphatic carbocycles. The molecule has 10 nitrogen and oxygen atoms in total. The highest BCUT2D eigenvalue weighted by atomic mass is 32.2. The molecule has 2 N–H and O–H groups in total. The van der Waals surface area contributed by atoms with Crippen LogP contribution in [0, 0.1) is 11.8 Å². The quantitative estimate of drug-likeness (QED) is 0.403. The Balaban J connectivity index is 1.34. The van der Waals surface area contributed by atoms with Crippen LogP contribution in [-0.2, 0) is 16.1 Å². The number of aromatic nitrogens is 1. The van der Waals surface area contributed by atoms with E-state index >= 15 is 0 Å². The second kappa shape index (κ2) is 11.6. The van der Waals surface area contributed by atoms with Gasteiger partial charge in [-0.25, -0.2) is 5.01 Å². The lowest BCUT2D eigenvalue weighted by Crippen LogP contribution is -2.57. The number of hydrazine groups is 1. The van der Waals surface area contributed by atoms with E-state index in [4.69, 9.17) is 5.11 Å². The van der Waals surface area contributed by atoms with Gasteiger partial charge in [-0.15, -0.1) is 0 Å². The molecule has 2 unspecified atom stereocenters. The molecule has 36 heavy (non-hydrogen) atoms. The minimum atomic E-state index is -2.54. The first kappa shape index (κ1) is 25.8. The fourth-order valence-corrected chi connectivity index (χ4v) is 4.74. The molecule has 0 radical (unpaired) electrons. The third kappa shape index (κ3) is 6.89. The van der Waals surface area contributed by atoms with E-state index in [0.717, 1.165) is 28.5 Å². The Hall–Kier alpha value is -3.30. The molecule has 1 aromatic heterocycles. The Morgan fingerprint density at radius 1 is 1.17 bits per heavy atom. The topological polar surface area (TPSA) is 129 Å². The molecule has 4 rings (SSSR count). The Morgan fingerprint density at radius 2 is 1.83 bits per heavy atom. The van der Waals surface area contributed by atoms with Crippen molar-refractivity contribution in [1.29, 1.82) is 0 Å². The van der Waals surface area contributed by atoms with Gasteiger partial charge in [0.1, 0.15) is 5.69 Å². The first-order valence-electron chi connectivity index (χ1n) is 11.8. The van der Waals surface area contributed by atoms with Gasteiger partial charge in [-0.05, 0) is 56.2 Å².